The lowest BCUT2D eigenvalue weighted by Crippen LogP contribution is -2.40. The van der Waals surface area contributed by atoms with Gasteiger partial charge in [0.2, 0.25) is 0 Å². The van der Waals surface area contributed by atoms with E-state index in [2.05, 4.69) is 15.6 Å². The number of pyridine rings is 1. The van der Waals surface area contributed by atoms with Gasteiger partial charge in [-0.15, -0.1) is 0 Å². The lowest BCUT2D eigenvalue weighted by Gasteiger charge is -2.20. The fraction of sp³-hybridized carbons (Fsp3) is 0.533. The molecule has 0 aromatic carbocycles. The summed E-state index contributed by atoms with van der Waals surface area (Å²) in [5.41, 5.74) is 0.0380. The number of nitrogens with zero attached hydrogens (tertiary/aromatic N) is 1. The summed E-state index contributed by atoms with van der Waals surface area (Å²) in [7, 11) is -3.06. The van der Waals surface area contributed by atoms with Crippen LogP contribution in [0, 0.1) is 0 Å². The SMILES string of the molecule is CC(C)(C)NC(=O)c1ccnc(C(=O)NC2CCS(=O)(=O)C2)c1. The zero-order valence-corrected chi connectivity index (χ0v) is 14.2. The molecule has 0 bridgehead atoms. The molecule has 2 heterocycles. The smallest absolute Gasteiger partial charge is 0.270 e. The Morgan fingerprint density at radius 1 is 1.26 bits per heavy atom. The van der Waals surface area contributed by atoms with E-state index in [0.717, 1.165) is 0 Å². The van der Waals surface area contributed by atoms with Gasteiger partial charge < -0.3 is 10.6 Å². The first-order chi connectivity index (χ1) is 10.6. The van der Waals surface area contributed by atoms with Gasteiger partial charge in [0.05, 0.1) is 11.5 Å². The van der Waals surface area contributed by atoms with Crippen LogP contribution in [0.4, 0.5) is 0 Å². The molecule has 1 aromatic heterocycles. The van der Waals surface area contributed by atoms with Gasteiger partial charge in [0.25, 0.3) is 11.8 Å². The van der Waals surface area contributed by atoms with Crippen molar-refractivity contribution < 1.29 is 18.0 Å². The summed E-state index contributed by atoms with van der Waals surface area (Å²) in [4.78, 5) is 28.2. The fourth-order valence-electron chi connectivity index (χ4n) is 2.28. The molecular formula is C15H21N3O4S. The number of rotatable bonds is 3. The van der Waals surface area contributed by atoms with Crippen LogP contribution < -0.4 is 10.6 Å². The third-order valence-electron chi connectivity index (χ3n) is 3.31. The van der Waals surface area contributed by atoms with E-state index in [-0.39, 0.29) is 28.6 Å². The van der Waals surface area contributed by atoms with Gasteiger partial charge in [-0.3, -0.25) is 14.6 Å². The molecule has 0 aliphatic carbocycles. The molecule has 23 heavy (non-hydrogen) atoms. The van der Waals surface area contributed by atoms with Crippen molar-refractivity contribution in [3.63, 3.8) is 0 Å². The first-order valence-corrected chi connectivity index (χ1v) is 9.18. The maximum atomic E-state index is 12.2. The highest BCUT2D eigenvalue weighted by Gasteiger charge is 2.29. The Kier molecular flexibility index (Phi) is 4.74. The normalized spacial score (nSPS) is 20.0. The van der Waals surface area contributed by atoms with Crippen molar-refractivity contribution >= 4 is 21.7 Å². The molecule has 1 unspecified atom stereocenters. The van der Waals surface area contributed by atoms with Gasteiger partial charge >= 0.3 is 0 Å². The predicted octanol–water partition coefficient (Wildman–Crippen LogP) is 0.527. The molecule has 1 aliphatic heterocycles. The number of nitrogens with one attached hydrogen (secondary N) is 2. The largest absolute Gasteiger partial charge is 0.347 e. The molecule has 0 saturated carbocycles. The molecule has 2 amide bonds. The van der Waals surface area contributed by atoms with Crippen LogP contribution in [-0.2, 0) is 9.84 Å². The molecule has 2 rings (SSSR count). The standard InChI is InChI=1S/C15H21N3O4S/c1-15(2,3)18-13(19)10-4-6-16-12(8-10)14(20)17-11-5-7-23(21,22)9-11/h4,6,8,11H,5,7,9H2,1-3H3,(H,17,20)(H,18,19). The second-order valence-corrected chi connectivity index (χ2v) is 8.94. The minimum atomic E-state index is -3.06. The molecular weight excluding hydrogens is 318 g/mol. The summed E-state index contributed by atoms with van der Waals surface area (Å²) in [6.45, 7) is 5.58. The van der Waals surface area contributed by atoms with E-state index in [9.17, 15) is 18.0 Å². The van der Waals surface area contributed by atoms with Gasteiger partial charge in [0.1, 0.15) is 5.69 Å². The van der Waals surface area contributed by atoms with Crippen LogP contribution >= 0.6 is 0 Å². The topological polar surface area (TPSA) is 105 Å². The molecule has 7 nitrogen and oxygen atoms in total. The average molecular weight is 339 g/mol. The molecule has 0 spiro atoms. The zero-order chi connectivity index (χ0) is 17.3. The summed E-state index contributed by atoms with van der Waals surface area (Å²) >= 11 is 0. The summed E-state index contributed by atoms with van der Waals surface area (Å²) in [5.74, 6) is -0.739. The number of hydrogen-bond donors (Lipinski definition) is 2. The lowest BCUT2D eigenvalue weighted by atomic mass is 10.1. The van der Waals surface area contributed by atoms with E-state index in [4.69, 9.17) is 0 Å². The molecule has 8 heteroatoms. The number of hydrogen-bond acceptors (Lipinski definition) is 5. The number of amides is 2. The number of sulfone groups is 1. The lowest BCUT2D eigenvalue weighted by molar-refractivity contribution is 0.0919. The van der Waals surface area contributed by atoms with Gasteiger partial charge in [-0.05, 0) is 39.3 Å². The third-order valence-corrected chi connectivity index (χ3v) is 5.08. The molecule has 1 aromatic rings. The van der Waals surface area contributed by atoms with E-state index in [1.807, 2.05) is 20.8 Å². The maximum Gasteiger partial charge on any atom is 0.270 e. The van der Waals surface area contributed by atoms with Crippen molar-refractivity contribution in [2.45, 2.75) is 38.8 Å². The number of carbonyl (C=O) groups excluding carboxylic acids is 2. The Bertz CT molecular complexity index is 722. The Morgan fingerprint density at radius 3 is 2.52 bits per heavy atom. The molecule has 1 atom stereocenters. The predicted molar refractivity (Wildman–Crippen MR) is 86.0 cm³/mol. The van der Waals surface area contributed by atoms with E-state index in [1.54, 1.807) is 0 Å². The second kappa shape index (κ2) is 6.27. The maximum absolute atomic E-state index is 12.2. The third kappa shape index (κ3) is 5.02. The summed E-state index contributed by atoms with van der Waals surface area (Å²) in [6.07, 6.45) is 1.79. The van der Waals surface area contributed by atoms with Crippen molar-refractivity contribution in [1.29, 1.82) is 0 Å². The number of aromatic nitrogens is 1. The van der Waals surface area contributed by atoms with Crippen LogP contribution in [0.1, 0.15) is 48.0 Å². The van der Waals surface area contributed by atoms with Crippen LogP contribution in [0.15, 0.2) is 18.3 Å². The summed E-state index contributed by atoms with van der Waals surface area (Å²) < 4.78 is 22.8. The first-order valence-electron chi connectivity index (χ1n) is 7.36. The molecule has 1 saturated heterocycles. The van der Waals surface area contributed by atoms with Crippen LogP contribution in [0.25, 0.3) is 0 Å². The van der Waals surface area contributed by atoms with Gasteiger partial charge in [-0.1, -0.05) is 0 Å². The van der Waals surface area contributed by atoms with E-state index < -0.39 is 21.8 Å². The van der Waals surface area contributed by atoms with E-state index in [1.165, 1.54) is 18.3 Å². The Balaban J connectivity index is 2.07. The quantitative estimate of drug-likeness (QED) is 0.835. The van der Waals surface area contributed by atoms with Gasteiger partial charge in [-0.25, -0.2) is 8.42 Å². The van der Waals surface area contributed by atoms with E-state index >= 15 is 0 Å². The minimum absolute atomic E-state index is 0.0526. The second-order valence-electron chi connectivity index (χ2n) is 6.71. The molecule has 0 radical (unpaired) electrons. The number of carbonyl (C=O) groups is 2. The molecule has 1 fully saturated rings. The summed E-state index contributed by atoms with van der Waals surface area (Å²) in [5, 5.41) is 5.46. The first kappa shape index (κ1) is 17.4. The fourth-order valence-corrected chi connectivity index (χ4v) is 3.95. The van der Waals surface area contributed by atoms with Gasteiger partial charge in [0, 0.05) is 23.3 Å². The monoisotopic (exact) mass is 339 g/mol. The van der Waals surface area contributed by atoms with Crippen LogP contribution in [0.3, 0.4) is 0 Å². The van der Waals surface area contributed by atoms with Gasteiger partial charge in [0.15, 0.2) is 9.84 Å². The zero-order valence-electron chi connectivity index (χ0n) is 13.4. The average Bonchev–Trinajstić information content (AvgIpc) is 2.76. The summed E-state index contributed by atoms with van der Waals surface area (Å²) in [6, 6.07) is 2.53. The molecule has 1 aliphatic rings. The van der Waals surface area contributed by atoms with Crippen molar-refractivity contribution in [3.05, 3.63) is 29.6 Å². The van der Waals surface area contributed by atoms with Crippen LogP contribution in [-0.4, -0.2) is 48.3 Å². The highest BCUT2D eigenvalue weighted by Crippen LogP contribution is 2.12. The van der Waals surface area contributed by atoms with Gasteiger partial charge in [-0.2, -0.15) is 0 Å². The van der Waals surface area contributed by atoms with Crippen molar-refractivity contribution in [1.82, 2.24) is 15.6 Å². The van der Waals surface area contributed by atoms with Crippen molar-refractivity contribution in [2.24, 2.45) is 0 Å². The molecule has 2 N–H and O–H groups in total. The Labute approximate surface area is 135 Å². The van der Waals surface area contributed by atoms with Crippen molar-refractivity contribution in [2.75, 3.05) is 11.5 Å². The highest BCUT2D eigenvalue weighted by atomic mass is 32.2. The van der Waals surface area contributed by atoms with Crippen LogP contribution in [0.2, 0.25) is 0 Å². The Morgan fingerprint density at radius 2 is 1.96 bits per heavy atom. The minimum Gasteiger partial charge on any atom is -0.347 e. The molecule has 126 valence electrons. The highest BCUT2D eigenvalue weighted by molar-refractivity contribution is 7.91. The van der Waals surface area contributed by atoms with Crippen LogP contribution in [0.5, 0.6) is 0 Å². The Hall–Kier alpha value is -1.96. The van der Waals surface area contributed by atoms with Crippen molar-refractivity contribution in [3.8, 4) is 0 Å². The van der Waals surface area contributed by atoms with E-state index in [0.29, 0.717) is 12.0 Å².